The van der Waals surface area contributed by atoms with Crippen LogP contribution in [0.2, 0.25) is 0 Å². The number of ether oxygens (including phenoxy) is 1. The molecule has 5 heteroatoms. The van der Waals surface area contributed by atoms with E-state index in [1.165, 1.54) is 39.0 Å². The van der Waals surface area contributed by atoms with Gasteiger partial charge in [0.25, 0.3) is 0 Å². The number of hydrogen-bond donors (Lipinski definition) is 2. The minimum Gasteiger partial charge on any atom is -0.457 e. The molecule has 250 valence electrons. The van der Waals surface area contributed by atoms with E-state index in [0.29, 0.717) is 0 Å². The summed E-state index contributed by atoms with van der Waals surface area (Å²) in [7, 11) is 0. The Morgan fingerprint density at radius 1 is 0.712 bits per heavy atom. The molecule has 0 amide bonds. The van der Waals surface area contributed by atoms with E-state index in [2.05, 4.69) is 150 Å². The van der Waals surface area contributed by atoms with Crippen molar-refractivity contribution in [3.05, 3.63) is 208 Å². The molecule has 4 atom stereocenters. The van der Waals surface area contributed by atoms with Gasteiger partial charge >= 0.3 is 0 Å². The first-order valence-corrected chi connectivity index (χ1v) is 18.2. The molecule has 5 aromatic rings. The molecule has 5 nitrogen and oxygen atoms in total. The summed E-state index contributed by atoms with van der Waals surface area (Å²) in [6, 6.07) is 45.9. The van der Waals surface area contributed by atoms with Gasteiger partial charge in [0.2, 0.25) is 0 Å². The average molecular weight is 673 g/mol. The maximum Gasteiger partial charge on any atom is 0.132 e. The summed E-state index contributed by atoms with van der Waals surface area (Å²) in [5.74, 6) is 3.01. The molecule has 0 saturated carbocycles. The van der Waals surface area contributed by atoms with Crippen LogP contribution < -0.4 is 15.4 Å². The van der Waals surface area contributed by atoms with Gasteiger partial charge in [-0.2, -0.15) is 5.26 Å². The highest BCUT2D eigenvalue weighted by Gasteiger charge is 2.52. The summed E-state index contributed by atoms with van der Waals surface area (Å²) < 4.78 is 6.61. The summed E-state index contributed by atoms with van der Waals surface area (Å²) in [5, 5.41) is 16.9. The maximum absolute atomic E-state index is 9.27. The van der Waals surface area contributed by atoms with E-state index in [1.54, 1.807) is 0 Å². The van der Waals surface area contributed by atoms with Crippen molar-refractivity contribution in [3.8, 4) is 22.9 Å². The van der Waals surface area contributed by atoms with Crippen LogP contribution in [0.15, 0.2) is 174 Å². The Morgan fingerprint density at radius 3 is 2.27 bits per heavy atom. The molecule has 0 saturated heterocycles. The van der Waals surface area contributed by atoms with Gasteiger partial charge in [0.05, 0.1) is 11.5 Å². The van der Waals surface area contributed by atoms with Gasteiger partial charge in [-0.3, -0.25) is 5.32 Å². The summed E-state index contributed by atoms with van der Waals surface area (Å²) in [5.41, 5.74) is 12.3. The molecule has 4 unspecified atom stereocenters. The first-order chi connectivity index (χ1) is 25.7. The van der Waals surface area contributed by atoms with Gasteiger partial charge < -0.3 is 10.1 Å². The molecule has 0 fully saturated rings. The van der Waals surface area contributed by atoms with Crippen LogP contribution in [-0.4, -0.2) is 5.84 Å². The lowest BCUT2D eigenvalue weighted by molar-refractivity contribution is 0.383. The van der Waals surface area contributed by atoms with Crippen molar-refractivity contribution in [2.24, 2.45) is 4.99 Å². The standard InChI is InChI=1S/C47H36N4O/c48-29-30-18-20-31(21-19-30)32-22-24-34(25-23-32)45-49-44(33-10-2-1-3-11-33)50-46(51-45)35-26-27-37-36-12-4-5-13-38(36)47(41(37)28-35)39-14-6-8-16-42(39)52-43-17-9-7-15-40(43)47/h1-6,8,10-20,22-28,31,45-46,51H,7,9,21H2,(H,49,50). The number of allylic oxidation sites excluding steroid dienone is 7. The van der Waals surface area contributed by atoms with Crippen LogP contribution in [0, 0.1) is 11.3 Å². The van der Waals surface area contributed by atoms with Crippen molar-refractivity contribution in [2.75, 3.05) is 0 Å². The van der Waals surface area contributed by atoms with Crippen molar-refractivity contribution >= 4 is 5.84 Å². The number of nitrogens with zero attached hydrogens (tertiary/aromatic N) is 2. The van der Waals surface area contributed by atoms with E-state index in [9.17, 15) is 5.26 Å². The van der Waals surface area contributed by atoms with E-state index in [0.717, 1.165) is 58.9 Å². The quantitative estimate of drug-likeness (QED) is 0.200. The summed E-state index contributed by atoms with van der Waals surface area (Å²) in [6.07, 6.45) is 13.1. The van der Waals surface area contributed by atoms with Crippen molar-refractivity contribution in [2.45, 2.75) is 42.9 Å². The topological polar surface area (TPSA) is 69.4 Å². The fourth-order valence-corrected chi connectivity index (χ4v) is 8.79. The van der Waals surface area contributed by atoms with Crippen LogP contribution in [0.5, 0.6) is 5.75 Å². The van der Waals surface area contributed by atoms with Gasteiger partial charge in [-0.05, 0) is 76.4 Å². The number of aliphatic imine (C=N–C) groups is 1. The van der Waals surface area contributed by atoms with E-state index in [4.69, 9.17) is 9.73 Å². The van der Waals surface area contributed by atoms with Gasteiger partial charge in [0.1, 0.15) is 29.7 Å². The van der Waals surface area contributed by atoms with Crippen LogP contribution in [0.4, 0.5) is 0 Å². The lowest BCUT2D eigenvalue weighted by Crippen LogP contribution is -2.45. The van der Waals surface area contributed by atoms with Gasteiger partial charge in [0, 0.05) is 28.2 Å². The number of fused-ring (bicyclic) bond motifs is 9. The number of rotatable bonds is 4. The molecule has 10 rings (SSSR count). The highest BCUT2D eigenvalue weighted by atomic mass is 16.5. The summed E-state index contributed by atoms with van der Waals surface area (Å²) in [4.78, 5) is 5.34. The lowest BCUT2D eigenvalue weighted by Gasteiger charge is -2.42. The Bertz CT molecular complexity index is 2450. The minimum atomic E-state index is -0.492. The van der Waals surface area contributed by atoms with Gasteiger partial charge in [-0.1, -0.05) is 133 Å². The lowest BCUT2D eigenvalue weighted by atomic mass is 9.64. The van der Waals surface area contributed by atoms with Crippen molar-refractivity contribution < 1.29 is 4.74 Å². The third-order valence-electron chi connectivity index (χ3n) is 11.2. The number of amidine groups is 1. The Kier molecular flexibility index (Phi) is 7.19. The molecule has 2 N–H and O–H groups in total. The number of nitrogens with one attached hydrogen (secondary N) is 2. The largest absolute Gasteiger partial charge is 0.457 e. The predicted octanol–water partition coefficient (Wildman–Crippen LogP) is 9.83. The predicted molar refractivity (Wildman–Crippen MR) is 206 cm³/mol. The second-order valence-corrected chi connectivity index (χ2v) is 14.1. The third-order valence-corrected chi connectivity index (χ3v) is 11.2. The molecule has 5 aliphatic rings. The van der Waals surface area contributed by atoms with Crippen LogP contribution in [0.1, 0.15) is 76.5 Å². The number of benzene rings is 5. The highest BCUT2D eigenvalue weighted by Crippen LogP contribution is 2.62. The first kappa shape index (κ1) is 30.6. The number of para-hydroxylation sites is 1. The highest BCUT2D eigenvalue weighted by molar-refractivity contribution is 5.99. The van der Waals surface area contributed by atoms with E-state index < -0.39 is 5.41 Å². The van der Waals surface area contributed by atoms with Crippen LogP contribution >= 0.6 is 0 Å². The Morgan fingerprint density at radius 2 is 1.44 bits per heavy atom. The smallest absolute Gasteiger partial charge is 0.132 e. The molecular formula is C47H36N4O. The Labute approximate surface area is 304 Å². The Balaban J connectivity index is 1.08. The van der Waals surface area contributed by atoms with Gasteiger partial charge in [-0.15, -0.1) is 0 Å². The summed E-state index contributed by atoms with van der Waals surface area (Å²) in [6.45, 7) is 0. The second kappa shape index (κ2) is 12.2. The zero-order valence-electron chi connectivity index (χ0n) is 28.6. The van der Waals surface area contributed by atoms with E-state index in [-0.39, 0.29) is 18.2 Å². The monoisotopic (exact) mass is 672 g/mol. The fourth-order valence-electron chi connectivity index (χ4n) is 8.79. The molecule has 0 radical (unpaired) electrons. The van der Waals surface area contributed by atoms with Crippen LogP contribution in [0.25, 0.3) is 11.1 Å². The molecule has 5 aromatic carbocycles. The van der Waals surface area contributed by atoms with Crippen molar-refractivity contribution in [1.29, 1.82) is 5.26 Å². The number of hydrogen-bond acceptors (Lipinski definition) is 5. The molecule has 1 spiro atoms. The SMILES string of the molecule is N#CC1=CCC(c2ccc(C3NC(c4ccccc4)=NC(c4ccc5c(c4)C4(C6=CCCC=C6Oc6ccccc64)c4ccccc4-5)N3)cc2)C=C1. The molecule has 52 heavy (non-hydrogen) atoms. The van der Waals surface area contributed by atoms with Crippen LogP contribution in [0.3, 0.4) is 0 Å². The molecule has 2 aliphatic heterocycles. The molecule has 0 bridgehead atoms. The maximum atomic E-state index is 9.27. The zero-order valence-corrected chi connectivity index (χ0v) is 28.6. The van der Waals surface area contributed by atoms with E-state index >= 15 is 0 Å². The molecule has 2 heterocycles. The second-order valence-electron chi connectivity index (χ2n) is 14.1. The van der Waals surface area contributed by atoms with E-state index in [1.807, 2.05) is 18.2 Å². The van der Waals surface area contributed by atoms with Crippen LogP contribution in [-0.2, 0) is 5.41 Å². The molecule has 3 aliphatic carbocycles. The number of nitriles is 1. The average Bonchev–Trinajstić information content (AvgIpc) is 3.51. The third kappa shape index (κ3) is 4.76. The fraction of sp³-hybridized carbons (Fsp3) is 0.149. The van der Waals surface area contributed by atoms with Crippen molar-refractivity contribution in [1.82, 2.24) is 10.6 Å². The van der Waals surface area contributed by atoms with Gasteiger partial charge in [-0.25, -0.2) is 4.99 Å². The Hall–Kier alpha value is -6.22. The first-order valence-electron chi connectivity index (χ1n) is 18.2. The zero-order chi connectivity index (χ0) is 34.6. The minimum absolute atomic E-state index is 0.169. The van der Waals surface area contributed by atoms with Gasteiger partial charge in [0.15, 0.2) is 0 Å². The molecule has 0 aromatic heterocycles. The molecular weight excluding hydrogens is 637 g/mol. The normalized spacial score (nSPS) is 23.6. The summed E-state index contributed by atoms with van der Waals surface area (Å²) >= 11 is 0. The van der Waals surface area contributed by atoms with Crippen molar-refractivity contribution in [3.63, 3.8) is 0 Å².